The summed E-state index contributed by atoms with van der Waals surface area (Å²) in [6, 6.07) is 13.0. The van der Waals surface area contributed by atoms with E-state index in [0.29, 0.717) is 11.3 Å². The van der Waals surface area contributed by atoms with Crippen LogP contribution in [-0.4, -0.2) is 25.5 Å². The van der Waals surface area contributed by atoms with Crippen molar-refractivity contribution in [1.29, 1.82) is 0 Å². The number of ether oxygens (including phenoxy) is 1. The van der Waals surface area contributed by atoms with Crippen molar-refractivity contribution >= 4 is 17.5 Å². The zero-order valence-electron chi connectivity index (χ0n) is 16.6. The summed E-state index contributed by atoms with van der Waals surface area (Å²) in [6.45, 7) is 8.27. The van der Waals surface area contributed by atoms with Gasteiger partial charge in [0.1, 0.15) is 5.75 Å². The molecular weight excluding hydrogens is 340 g/mol. The second-order valence-corrected chi connectivity index (χ2v) is 7.05. The van der Waals surface area contributed by atoms with E-state index in [2.05, 4.69) is 38.3 Å². The van der Waals surface area contributed by atoms with Gasteiger partial charge in [-0.1, -0.05) is 58.0 Å². The normalized spacial score (nSPS) is 10.8. The minimum absolute atomic E-state index is 0.110. The molecule has 0 bridgehead atoms. The highest BCUT2D eigenvalue weighted by atomic mass is 16.5. The molecule has 0 aromatic heterocycles. The lowest BCUT2D eigenvalue weighted by atomic mass is 9.92. The van der Waals surface area contributed by atoms with Crippen LogP contribution in [0.4, 0.5) is 5.69 Å². The molecular formula is C22H28N2O3. The molecule has 0 saturated heterocycles. The Morgan fingerprint density at radius 1 is 0.926 bits per heavy atom. The van der Waals surface area contributed by atoms with Gasteiger partial charge in [0.05, 0.1) is 19.2 Å². The van der Waals surface area contributed by atoms with Crippen molar-refractivity contribution in [3.8, 4) is 5.75 Å². The molecule has 0 unspecified atom stereocenters. The fourth-order valence-corrected chi connectivity index (χ4v) is 2.97. The molecule has 0 aliphatic carbocycles. The van der Waals surface area contributed by atoms with E-state index in [1.165, 1.54) is 7.11 Å². The fourth-order valence-electron chi connectivity index (χ4n) is 2.97. The molecule has 2 amide bonds. The van der Waals surface area contributed by atoms with Crippen LogP contribution in [0.2, 0.25) is 0 Å². The van der Waals surface area contributed by atoms with Gasteiger partial charge in [-0.2, -0.15) is 0 Å². The molecule has 0 spiro atoms. The maximum Gasteiger partial charge on any atom is 0.255 e. The van der Waals surface area contributed by atoms with Crippen molar-refractivity contribution in [3.63, 3.8) is 0 Å². The molecule has 2 aromatic rings. The molecule has 0 fully saturated rings. The second kappa shape index (κ2) is 9.21. The molecule has 5 heteroatoms. The van der Waals surface area contributed by atoms with Gasteiger partial charge in [0.2, 0.25) is 5.91 Å². The highest BCUT2D eigenvalue weighted by molar-refractivity contribution is 6.01. The van der Waals surface area contributed by atoms with Gasteiger partial charge in [-0.25, -0.2) is 0 Å². The molecule has 2 rings (SSSR count). The summed E-state index contributed by atoms with van der Waals surface area (Å²) in [7, 11) is 1.51. The average molecular weight is 368 g/mol. The molecule has 0 atom stereocenters. The average Bonchev–Trinajstić information content (AvgIpc) is 2.65. The molecule has 0 saturated carbocycles. The minimum atomic E-state index is -0.344. The second-order valence-electron chi connectivity index (χ2n) is 7.05. The number of carbonyl (C=O) groups excluding carboxylic acids is 2. The first-order chi connectivity index (χ1) is 12.8. The van der Waals surface area contributed by atoms with Crippen LogP contribution < -0.4 is 15.4 Å². The third-order valence-electron chi connectivity index (χ3n) is 4.40. The summed E-state index contributed by atoms with van der Waals surface area (Å²) in [6.07, 6.45) is 0. The van der Waals surface area contributed by atoms with Crippen molar-refractivity contribution in [2.45, 2.75) is 39.5 Å². The molecule has 144 valence electrons. The van der Waals surface area contributed by atoms with Gasteiger partial charge in [-0.3, -0.25) is 9.59 Å². The van der Waals surface area contributed by atoms with Crippen LogP contribution in [0, 0.1) is 0 Å². The quantitative estimate of drug-likeness (QED) is 0.765. The number of benzene rings is 2. The van der Waals surface area contributed by atoms with Gasteiger partial charge in [0, 0.05) is 5.69 Å². The Morgan fingerprint density at radius 2 is 1.52 bits per heavy atom. The van der Waals surface area contributed by atoms with E-state index in [-0.39, 0.29) is 30.2 Å². The third kappa shape index (κ3) is 5.09. The molecule has 0 aliphatic rings. The lowest BCUT2D eigenvalue weighted by molar-refractivity contribution is -0.115. The Kier molecular flexibility index (Phi) is 6.99. The van der Waals surface area contributed by atoms with Gasteiger partial charge >= 0.3 is 0 Å². The van der Waals surface area contributed by atoms with E-state index < -0.39 is 0 Å². The van der Waals surface area contributed by atoms with Crippen molar-refractivity contribution < 1.29 is 14.3 Å². The number of hydrogen-bond donors (Lipinski definition) is 2. The van der Waals surface area contributed by atoms with E-state index in [1.807, 2.05) is 18.2 Å². The van der Waals surface area contributed by atoms with Crippen molar-refractivity contribution in [3.05, 3.63) is 59.2 Å². The van der Waals surface area contributed by atoms with Crippen LogP contribution >= 0.6 is 0 Å². The third-order valence-corrected chi connectivity index (χ3v) is 4.40. The first-order valence-electron chi connectivity index (χ1n) is 9.19. The summed E-state index contributed by atoms with van der Waals surface area (Å²) in [5.74, 6) is 0.434. The Bertz CT molecular complexity index is 787. The van der Waals surface area contributed by atoms with E-state index in [1.54, 1.807) is 24.3 Å². The highest BCUT2D eigenvalue weighted by Gasteiger charge is 2.17. The molecule has 5 nitrogen and oxygen atoms in total. The predicted octanol–water partition coefficient (Wildman–Crippen LogP) is 4.31. The Hall–Kier alpha value is -2.82. The van der Waals surface area contributed by atoms with Crippen LogP contribution in [0.3, 0.4) is 0 Å². The summed E-state index contributed by atoms with van der Waals surface area (Å²) in [5.41, 5.74) is 3.42. The topological polar surface area (TPSA) is 67.4 Å². The summed E-state index contributed by atoms with van der Waals surface area (Å²) < 4.78 is 5.19. The van der Waals surface area contributed by atoms with E-state index in [4.69, 9.17) is 4.74 Å². The number of amides is 2. The minimum Gasteiger partial charge on any atom is -0.496 e. The SMILES string of the molecule is COc1ccccc1C(=O)NCC(=O)Nc1c(C(C)C)cccc1C(C)C. The molecule has 2 N–H and O–H groups in total. The number of para-hydroxylation sites is 2. The fraction of sp³-hybridized carbons (Fsp3) is 0.364. The Labute approximate surface area is 161 Å². The zero-order valence-corrected chi connectivity index (χ0v) is 16.6. The van der Waals surface area contributed by atoms with Crippen LogP contribution in [0.1, 0.15) is 61.0 Å². The van der Waals surface area contributed by atoms with E-state index in [0.717, 1.165) is 16.8 Å². The van der Waals surface area contributed by atoms with Crippen LogP contribution in [0.5, 0.6) is 5.75 Å². The largest absolute Gasteiger partial charge is 0.496 e. The first-order valence-corrected chi connectivity index (χ1v) is 9.19. The maximum atomic E-state index is 12.5. The lowest BCUT2D eigenvalue weighted by Gasteiger charge is -2.20. The summed E-state index contributed by atoms with van der Waals surface area (Å²) >= 11 is 0. The van der Waals surface area contributed by atoms with Gasteiger partial charge in [0.25, 0.3) is 5.91 Å². The van der Waals surface area contributed by atoms with Crippen molar-refractivity contribution in [2.24, 2.45) is 0 Å². The predicted molar refractivity (Wildman–Crippen MR) is 109 cm³/mol. The molecule has 27 heavy (non-hydrogen) atoms. The maximum absolute atomic E-state index is 12.5. The van der Waals surface area contributed by atoms with Crippen molar-refractivity contribution in [2.75, 3.05) is 19.0 Å². The number of nitrogens with one attached hydrogen (secondary N) is 2. The Morgan fingerprint density at radius 3 is 2.07 bits per heavy atom. The number of hydrogen-bond acceptors (Lipinski definition) is 3. The van der Waals surface area contributed by atoms with Crippen LogP contribution in [0.25, 0.3) is 0 Å². The number of anilines is 1. The van der Waals surface area contributed by atoms with Crippen LogP contribution in [-0.2, 0) is 4.79 Å². The molecule has 2 aromatic carbocycles. The molecule has 0 radical (unpaired) electrons. The van der Waals surface area contributed by atoms with Gasteiger partial charge < -0.3 is 15.4 Å². The number of methoxy groups -OCH3 is 1. The van der Waals surface area contributed by atoms with Crippen LogP contribution in [0.15, 0.2) is 42.5 Å². The Balaban J connectivity index is 2.11. The first kappa shape index (κ1) is 20.5. The smallest absolute Gasteiger partial charge is 0.255 e. The lowest BCUT2D eigenvalue weighted by Crippen LogP contribution is -2.33. The molecule has 0 aliphatic heterocycles. The highest BCUT2D eigenvalue weighted by Crippen LogP contribution is 2.32. The van der Waals surface area contributed by atoms with E-state index >= 15 is 0 Å². The zero-order chi connectivity index (χ0) is 20.0. The number of carbonyl (C=O) groups is 2. The summed E-state index contributed by atoms with van der Waals surface area (Å²) in [4.78, 5) is 24.9. The van der Waals surface area contributed by atoms with Gasteiger partial charge in [-0.15, -0.1) is 0 Å². The van der Waals surface area contributed by atoms with Crippen molar-refractivity contribution in [1.82, 2.24) is 5.32 Å². The van der Waals surface area contributed by atoms with E-state index in [9.17, 15) is 9.59 Å². The molecule has 0 heterocycles. The standard InChI is InChI=1S/C22H28N2O3/c1-14(2)16-10-8-11-17(15(3)4)21(16)24-20(25)13-23-22(26)18-9-6-7-12-19(18)27-5/h6-12,14-15H,13H2,1-5H3,(H,23,26)(H,24,25). The van der Waals surface area contributed by atoms with Gasteiger partial charge in [0.15, 0.2) is 0 Å². The number of rotatable bonds is 7. The monoisotopic (exact) mass is 368 g/mol. The summed E-state index contributed by atoms with van der Waals surface area (Å²) in [5, 5.41) is 5.65. The van der Waals surface area contributed by atoms with Gasteiger partial charge in [-0.05, 0) is 35.1 Å².